The molecule has 7 nitrogen and oxygen atoms in total. The highest BCUT2D eigenvalue weighted by atomic mass is 16.6. The minimum Gasteiger partial charge on any atom is -0.444 e. The molecule has 0 saturated carbocycles. The van der Waals surface area contributed by atoms with Gasteiger partial charge in [0.1, 0.15) is 5.60 Å². The van der Waals surface area contributed by atoms with Gasteiger partial charge in [-0.05, 0) is 73.1 Å². The summed E-state index contributed by atoms with van der Waals surface area (Å²) in [6.45, 7) is 18.6. The third kappa shape index (κ3) is 10.7. The van der Waals surface area contributed by atoms with E-state index in [1.54, 1.807) is 0 Å². The summed E-state index contributed by atoms with van der Waals surface area (Å²) >= 11 is 0. The van der Waals surface area contributed by atoms with Gasteiger partial charge in [-0.25, -0.2) is 4.79 Å². The standard InChI is InChI=1S/C22H44N4O3/c1-7-23-20(24-14-10-11-17-28-9-3)26-15-12-19(13-16-26)18-25(8-2)21(27)29-22(4,5)6/h19H,7-18H2,1-6H3,(H,23,24). The molecule has 29 heavy (non-hydrogen) atoms. The summed E-state index contributed by atoms with van der Waals surface area (Å²) in [4.78, 5) is 21.4. The van der Waals surface area contributed by atoms with Gasteiger partial charge in [-0.15, -0.1) is 0 Å². The van der Waals surface area contributed by atoms with Crippen molar-refractivity contribution in [3.05, 3.63) is 0 Å². The quantitative estimate of drug-likeness (QED) is 0.336. The molecule has 1 heterocycles. The lowest BCUT2D eigenvalue weighted by molar-refractivity contribution is 0.0214. The van der Waals surface area contributed by atoms with Crippen LogP contribution in [0.4, 0.5) is 4.79 Å². The normalized spacial score (nSPS) is 16.1. The van der Waals surface area contributed by atoms with Crippen LogP contribution in [0, 0.1) is 5.92 Å². The molecule has 1 rings (SSSR count). The van der Waals surface area contributed by atoms with E-state index in [4.69, 9.17) is 14.5 Å². The number of carbonyl (C=O) groups is 1. The van der Waals surface area contributed by atoms with E-state index in [-0.39, 0.29) is 6.09 Å². The van der Waals surface area contributed by atoms with Gasteiger partial charge in [0.25, 0.3) is 0 Å². The molecule has 1 aliphatic heterocycles. The fraction of sp³-hybridized carbons (Fsp3) is 0.909. The van der Waals surface area contributed by atoms with Crippen LogP contribution in [-0.2, 0) is 9.47 Å². The Bertz CT molecular complexity index is 483. The third-order valence-corrected chi connectivity index (χ3v) is 4.92. The van der Waals surface area contributed by atoms with E-state index in [9.17, 15) is 4.79 Å². The maximum atomic E-state index is 12.4. The second-order valence-electron chi connectivity index (χ2n) is 8.59. The van der Waals surface area contributed by atoms with Crippen molar-refractivity contribution in [3.8, 4) is 0 Å². The number of hydrogen-bond donors (Lipinski definition) is 1. The molecular weight excluding hydrogens is 368 g/mol. The van der Waals surface area contributed by atoms with E-state index in [1.165, 1.54) is 0 Å². The molecule has 0 spiro atoms. The smallest absolute Gasteiger partial charge is 0.410 e. The summed E-state index contributed by atoms with van der Waals surface area (Å²) in [5, 5.41) is 3.43. The number of ether oxygens (including phenoxy) is 2. The van der Waals surface area contributed by atoms with Gasteiger partial charge in [-0.1, -0.05) is 0 Å². The van der Waals surface area contributed by atoms with Crippen LogP contribution in [0.2, 0.25) is 0 Å². The largest absolute Gasteiger partial charge is 0.444 e. The van der Waals surface area contributed by atoms with Gasteiger partial charge in [0.05, 0.1) is 0 Å². The first-order chi connectivity index (χ1) is 13.8. The highest BCUT2D eigenvalue weighted by molar-refractivity contribution is 5.80. The number of amides is 1. The molecule has 1 N–H and O–H groups in total. The summed E-state index contributed by atoms with van der Waals surface area (Å²) in [5.74, 6) is 1.52. The van der Waals surface area contributed by atoms with Crippen LogP contribution in [0.25, 0.3) is 0 Å². The first-order valence-electron chi connectivity index (χ1n) is 11.4. The fourth-order valence-corrected chi connectivity index (χ4v) is 3.37. The number of rotatable bonds is 10. The Kier molecular flexibility index (Phi) is 12.0. The average molecular weight is 413 g/mol. The SMILES string of the molecule is CCNC(=NCCCCOCC)N1CCC(CN(CC)C(=O)OC(C)(C)C)CC1. The molecule has 0 atom stereocenters. The highest BCUT2D eigenvalue weighted by Crippen LogP contribution is 2.20. The zero-order chi connectivity index (χ0) is 21.7. The van der Waals surface area contributed by atoms with Gasteiger partial charge < -0.3 is 24.6 Å². The number of nitrogens with zero attached hydrogens (tertiary/aromatic N) is 3. The first kappa shape index (κ1) is 25.5. The Morgan fingerprint density at radius 2 is 1.86 bits per heavy atom. The fourth-order valence-electron chi connectivity index (χ4n) is 3.37. The van der Waals surface area contributed by atoms with Crippen molar-refractivity contribution >= 4 is 12.1 Å². The molecule has 1 saturated heterocycles. The Hall–Kier alpha value is -1.50. The molecule has 0 aromatic carbocycles. The predicted octanol–water partition coefficient (Wildman–Crippen LogP) is 3.74. The third-order valence-electron chi connectivity index (χ3n) is 4.92. The Balaban J connectivity index is 2.47. The summed E-state index contributed by atoms with van der Waals surface area (Å²) in [6, 6.07) is 0. The minimum absolute atomic E-state index is 0.204. The molecule has 0 bridgehead atoms. The number of likely N-dealkylation sites (tertiary alicyclic amines) is 1. The van der Waals surface area contributed by atoms with E-state index < -0.39 is 5.60 Å². The molecule has 0 aromatic heterocycles. The van der Waals surface area contributed by atoms with Gasteiger partial charge in [0.2, 0.25) is 0 Å². The van der Waals surface area contributed by atoms with Crippen molar-refractivity contribution < 1.29 is 14.3 Å². The first-order valence-corrected chi connectivity index (χ1v) is 11.4. The van der Waals surface area contributed by atoms with Crippen molar-refractivity contribution in [2.75, 3.05) is 52.5 Å². The lowest BCUT2D eigenvalue weighted by Gasteiger charge is -2.36. The number of guanidine groups is 1. The second kappa shape index (κ2) is 13.7. The maximum Gasteiger partial charge on any atom is 0.410 e. The van der Waals surface area contributed by atoms with Crippen LogP contribution in [0.1, 0.15) is 67.2 Å². The van der Waals surface area contributed by atoms with E-state index in [1.807, 2.05) is 39.5 Å². The Morgan fingerprint density at radius 1 is 1.17 bits per heavy atom. The van der Waals surface area contributed by atoms with Crippen LogP contribution in [0.3, 0.4) is 0 Å². The van der Waals surface area contributed by atoms with Crippen LogP contribution in [0.5, 0.6) is 0 Å². The van der Waals surface area contributed by atoms with E-state index in [0.29, 0.717) is 12.5 Å². The van der Waals surface area contributed by atoms with Gasteiger partial charge in [-0.3, -0.25) is 4.99 Å². The average Bonchev–Trinajstić information content (AvgIpc) is 2.67. The summed E-state index contributed by atoms with van der Waals surface area (Å²) < 4.78 is 10.9. The van der Waals surface area contributed by atoms with Crippen LogP contribution in [0.15, 0.2) is 4.99 Å². The second-order valence-corrected chi connectivity index (χ2v) is 8.59. The summed E-state index contributed by atoms with van der Waals surface area (Å²) in [7, 11) is 0. The molecule has 1 amide bonds. The van der Waals surface area contributed by atoms with Gasteiger partial charge in [0, 0.05) is 52.5 Å². The minimum atomic E-state index is -0.451. The van der Waals surface area contributed by atoms with Gasteiger partial charge in [-0.2, -0.15) is 0 Å². The number of unbranched alkanes of at least 4 members (excludes halogenated alkanes) is 1. The zero-order valence-corrected chi connectivity index (χ0v) is 19.6. The zero-order valence-electron chi connectivity index (χ0n) is 19.6. The van der Waals surface area contributed by atoms with Crippen LogP contribution < -0.4 is 5.32 Å². The monoisotopic (exact) mass is 412 g/mol. The molecule has 0 aromatic rings. The molecular formula is C22H44N4O3. The van der Waals surface area contributed by atoms with Crippen molar-refractivity contribution in [3.63, 3.8) is 0 Å². The molecule has 1 fully saturated rings. The molecule has 1 aliphatic rings. The van der Waals surface area contributed by atoms with Gasteiger partial charge in [0.15, 0.2) is 5.96 Å². The number of nitrogens with one attached hydrogen (secondary N) is 1. The van der Waals surface area contributed by atoms with E-state index >= 15 is 0 Å². The van der Waals surface area contributed by atoms with E-state index in [2.05, 4.69) is 17.1 Å². The maximum absolute atomic E-state index is 12.4. The number of aliphatic imine (C=N–C) groups is 1. The van der Waals surface area contributed by atoms with Crippen LogP contribution >= 0.6 is 0 Å². The summed E-state index contributed by atoms with van der Waals surface area (Å²) in [5.41, 5.74) is -0.451. The molecule has 0 radical (unpaired) electrons. The lowest BCUT2D eigenvalue weighted by Crippen LogP contribution is -2.48. The van der Waals surface area contributed by atoms with Gasteiger partial charge >= 0.3 is 6.09 Å². The number of hydrogen-bond acceptors (Lipinski definition) is 4. The molecule has 0 aliphatic carbocycles. The van der Waals surface area contributed by atoms with E-state index in [0.717, 1.165) is 77.6 Å². The molecule has 0 unspecified atom stereocenters. The van der Waals surface area contributed by atoms with Crippen molar-refractivity contribution in [2.45, 2.75) is 72.8 Å². The predicted molar refractivity (Wildman–Crippen MR) is 119 cm³/mol. The number of carbonyl (C=O) groups excluding carboxylic acids is 1. The van der Waals surface area contributed by atoms with Crippen molar-refractivity contribution in [2.24, 2.45) is 10.9 Å². The molecule has 7 heteroatoms. The Labute approximate surface area is 178 Å². The topological polar surface area (TPSA) is 66.4 Å². The number of piperidine rings is 1. The van der Waals surface area contributed by atoms with Crippen LogP contribution in [-0.4, -0.2) is 79.9 Å². The molecule has 170 valence electrons. The highest BCUT2D eigenvalue weighted by Gasteiger charge is 2.27. The summed E-state index contributed by atoms with van der Waals surface area (Å²) in [6.07, 6.45) is 4.02. The van der Waals surface area contributed by atoms with Crippen molar-refractivity contribution in [1.29, 1.82) is 0 Å². The Morgan fingerprint density at radius 3 is 2.41 bits per heavy atom. The lowest BCUT2D eigenvalue weighted by atomic mass is 9.96. The van der Waals surface area contributed by atoms with Crippen molar-refractivity contribution in [1.82, 2.24) is 15.1 Å².